The molecule has 2 atom stereocenters. The van der Waals surface area contributed by atoms with Crippen LogP contribution in [0.2, 0.25) is 0 Å². The molecule has 0 aliphatic carbocycles. The SMILES string of the molecule is C=CCN1CC(C)CN(C)CC1CNC. The van der Waals surface area contributed by atoms with Crippen molar-refractivity contribution in [2.45, 2.75) is 13.0 Å². The van der Waals surface area contributed by atoms with Crippen molar-refractivity contribution in [2.75, 3.05) is 46.8 Å². The molecule has 3 heteroatoms. The number of rotatable bonds is 4. The number of hydrogen-bond donors (Lipinski definition) is 1. The van der Waals surface area contributed by atoms with E-state index in [1.165, 1.54) is 13.1 Å². The van der Waals surface area contributed by atoms with Crippen molar-refractivity contribution < 1.29 is 0 Å². The first-order chi connectivity index (χ1) is 7.17. The predicted molar refractivity (Wildman–Crippen MR) is 66.1 cm³/mol. The minimum atomic E-state index is 0.614. The Morgan fingerprint density at radius 1 is 1.40 bits per heavy atom. The third-order valence-electron chi connectivity index (χ3n) is 3.01. The molecule has 0 amide bonds. The summed E-state index contributed by atoms with van der Waals surface area (Å²) in [7, 11) is 4.25. The van der Waals surface area contributed by atoms with E-state index in [0.717, 1.165) is 25.6 Å². The fourth-order valence-electron chi connectivity index (χ4n) is 2.51. The fourth-order valence-corrected chi connectivity index (χ4v) is 2.51. The van der Waals surface area contributed by atoms with Gasteiger partial charge in [-0.2, -0.15) is 0 Å². The van der Waals surface area contributed by atoms with Crippen molar-refractivity contribution in [3.05, 3.63) is 12.7 Å². The second-order valence-electron chi connectivity index (χ2n) is 4.78. The van der Waals surface area contributed by atoms with Gasteiger partial charge in [0.05, 0.1) is 0 Å². The molecule has 1 fully saturated rings. The fraction of sp³-hybridized carbons (Fsp3) is 0.833. The topological polar surface area (TPSA) is 18.5 Å². The Hall–Kier alpha value is -0.380. The molecule has 0 saturated carbocycles. The van der Waals surface area contributed by atoms with Crippen LogP contribution in [0.1, 0.15) is 6.92 Å². The largest absolute Gasteiger partial charge is 0.318 e. The summed E-state index contributed by atoms with van der Waals surface area (Å²) in [5.74, 6) is 0.747. The molecule has 1 heterocycles. The Morgan fingerprint density at radius 3 is 2.73 bits per heavy atom. The summed E-state index contributed by atoms with van der Waals surface area (Å²) >= 11 is 0. The molecule has 0 aromatic rings. The normalized spacial score (nSPS) is 30.1. The van der Waals surface area contributed by atoms with Gasteiger partial charge in [0.25, 0.3) is 0 Å². The number of nitrogens with one attached hydrogen (secondary N) is 1. The van der Waals surface area contributed by atoms with Gasteiger partial charge < -0.3 is 10.2 Å². The second kappa shape index (κ2) is 6.26. The smallest absolute Gasteiger partial charge is 0.0351 e. The van der Waals surface area contributed by atoms with Gasteiger partial charge in [-0.05, 0) is 20.0 Å². The highest BCUT2D eigenvalue weighted by Crippen LogP contribution is 2.12. The van der Waals surface area contributed by atoms with E-state index in [0.29, 0.717) is 6.04 Å². The van der Waals surface area contributed by atoms with E-state index >= 15 is 0 Å². The molecule has 0 spiro atoms. The molecule has 1 saturated heterocycles. The lowest BCUT2D eigenvalue weighted by molar-refractivity contribution is 0.199. The van der Waals surface area contributed by atoms with Crippen molar-refractivity contribution >= 4 is 0 Å². The summed E-state index contributed by atoms with van der Waals surface area (Å²) in [4.78, 5) is 4.98. The highest BCUT2D eigenvalue weighted by molar-refractivity contribution is 4.86. The lowest BCUT2D eigenvalue weighted by Gasteiger charge is -2.30. The van der Waals surface area contributed by atoms with Crippen molar-refractivity contribution in [1.29, 1.82) is 0 Å². The lowest BCUT2D eigenvalue weighted by Crippen LogP contribution is -2.46. The Morgan fingerprint density at radius 2 is 2.13 bits per heavy atom. The van der Waals surface area contributed by atoms with E-state index in [-0.39, 0.29) is 0 Å². The van der Waals surface area contributed by atoms with Crippen LogP contribution in [0.5, 0.6) is 0 Å². The quantitative estimate of drug-likeness (QED) is 0.689. The monoisotopic (exact) mass is 211 g/mol. The predicted octanol–water partition coefficient (Wildman–Crippen LogP) is 0.644. The Labute approximate surface area is 94.1 Å². The highest BCUT2D eigenvalue weighted by Gasteiger charge is 2.24. The molecule has 2 unspecified atom stereocenters. The van der Waals surface area contributed by atoms with E-state index in [1.54, 1.807) is 0 Å². The number of hydrogen-bond acceptors (Lipinski definition) is 3. The van der Waals surface area contributed by atoms with Crippen LogP contribution in [0.3, 0.4) is 0 Å². The Bertz CT molecular complexity index is 193. The highest BCUT2D eigenvalue weighted by atomic mass is 15.2. The van der Waals surface area contributed by atoms with Crippen LogP contribution in [0.15, 0.2) is 12.7 Å². The molecule has 1 aliphatic heterocycles. The zero-order valence-electron chi connectivity index (χ0n) is 10.4. The molecule has 3 nitrogen and oxygen atoms in total. The molecule has 0 aromatic carbocycles. The van der Waals surface area contributed by atoms with Crippen LogP contribution in [0.4, 0.5) is 0 Å². The van der Waals surface area contributed by atoms with Crippen LogP contribution >= 0.6 is 0 Å². The van der Waals surface area contributed by atoms with Gasteiger partial charge in [0.1, 0.15) is 0 Å². The average Bonchev–Trinajstić information content (AvgIpc) is 2.27. The molecule has 0 radical (unpaired) electrons. The number of nitrogens with zero attached hydrogens (tertiary/aromatic N) is 2. The zero-order valence-corrected chi connectivity index (χ0v) is 10.4. The second-order valence-corrected chi connectivity index (χ2v) is 4.78. The van der Waals surface area contributed by atoms with Gasteiger partial charge in [-0.1, -0.05) is 13.0 Å². The minimum absolute atomic E-state index is 0.614. The summed E-state index contributed by atoms with van der Waals surface area (Å²) in [5.41, 5.74) is 0. The average molecular weight is 211 g/mol. The summed E-state index contributed by atoms with van der Waals surface area (Å²) < 4.78 is 0. The third kappa shape index (κ3) is 3.93. The molecule has 15 heavy (non-hydrogen) atoms. The van der Waals surface area contributed by atoms with E-state index in [4.69, 9.17) is 0 Å². The molecular formula is C12H25N3. The van der Waals surface area contributed by atoms with Gasteiger partial charge in [-0.3, -0.25) is 4.90 Å². The van der Waals surface area contributed by atoms with Gasteiger partial charge in [0.15, 0.2) is 0 Å². The van der Waals surface area contributed by atoms with Crippen molar-refractivity contribution in [1.82, 2.24) is 15.1 Å². The van der Waals surface area contributed by atoms with Crippen LogP contribution in [-0.2, 0) is 0 Å². The first-order valence-corrected chi connectivity index (χ1v) is 5.85. The molecule has 0 bridgehead atoms. The summed E-state index contributed by atoms with van der Waals surface area (Å²) in [6.45, 7) is 11.8. The Balaban J connectivity index is 2.63. The summed E-state index contributed by atoms with van der Waals surface area (Å²) in [6.07, 6.45) is 2.01. The van der Waals surface area contributed by atoms with Gasteiger partial charge in [-0.15, -0.1) is 6.58 Å². The molecule has 1 N–H and O–H groups in total. The molecule has 1 aliphatic rings. The molecule has 1 rings (SSSR count). The van der Waals surface area contributed by atoms with Gasteiger partial charge in [0.2, 0.25) is 0 Å². The minimum Gasteiger partial charge on any atom is -0.318 e. The third-order valence-corrected chi connectivity index (χ3v) is 3.01. The van der Waals surface area contributed by atoms with E-state index in [1.807, 2.05) is 13.1 Å². The summed E-state index contributed by atoms with van der Waals surface area (Å²) in [6, 6.07) is 0.614. The van der Waals surface area contributed by atoms with Crippen LogP contribution in [-0.4, -0.2) is 62.7 Å². The maximum atomic E-state index is 3.85. The van der Waals surface area contributed by atoms with Crippen LogP contribution < -0.4 is 5.32 Å². The molecular weight excluding hydrogens is 186 g/mol. The van der Waals surface area contributed by atoms with Crippen LogP contribution in [0.25, 0.3) is 0 Å². The van der Waals surface area contributed by atoms with Crippen molar-refractivity contribution in [3.8, 4) is 0 Å². The molecule has 88 valence electrons. The Kier molecular flexibility index (Phi) is 5.29. The van der Waals surface area contributed by atoms with Gasteiger partial charge >= 0.3 is 0 Å². The van der Waals surface area contributed by atoms with E-state index in [2.05, 4.69) is 35.7 Å². The van der Waals surface area contributed by atoms with Crippen LogP contribution in [0, 0.1) is 5.92 Å². The maximum Gasteiger partial charge on any atom is 0.0351 e. The van der Waals surface area contributed by atoms with Gasteiger partial charge in [-0.25, -0.2) is 0 Å². The standard InChI is InChI=1S/C12H25N3/c1-5-6-15-9-11(2)8-14(4)10-12(15)7-13-3/h5,11-13H,1,6-10H2,2-4H3. The first-order valence-electron chi connectivity index (χ1n) is 5.85. The molecule has 0 aromatic heterocycles. The maximum absolute atomic E-state index is 3.85. The zero-order chi connectivity index (χ0) is 11.3. The van der Waals surface area contributed by atoms with Crippen molar-refractivity contribution in [3.63, 3.8) is 0 Å². The number of likely N-dealkylation sites (N-methyl/N-ethyl adjacent to an activating group) is 2. The van der Waals surface area contributed by atoms with Crippen molar-refractivity contribution in [2.24, 2.45) is 5.92 Å². The van der Waals surface area contributed by atoms with E-state index in [9.17, 15) is 0 Å². The summed E-state index contributed by atoms with van der Waals surface area (Å²) in [5, 5.41) is 3.29. The van der Waals surface area contributed by atoms with Gasteiger partial charge in [0, 0.05) is 38.8 Å². The van der Waals surface area contributed by atoms with E-state index < -0.39 is 0 Å². The first kappa shape index (κ1) is 12.7. The lowest BCUT2D eigenvalue weighted by atomic mass is 10.1.